The van der Waals surface area contributed by atoms with Gasteiger partial charge in [0.1, 0.15) is 19.1 Å². The van der Waals surface area contributed by atoms with Gasteiger partial charge in [-0.2, -0.15) is 0 Å². The van der Waals surface area contributed by atoms with Crippen LogP contribution in [0, 0.1) is 19.4 Å². The predicted octanol–water partition coefficient (Wildman–Crippen LogP) is 1.86. The highest BCUT2D eigenvalue weighted by Gasteiger charge is 2.33. The molecule has 0 bridgehead atoms. The number of aromatic amines is 1. The second-order valence-corrected chi connectivity index (χ2v) is 5.91. The molecule has 0 unspecified atom stereocenters. The third kappa shape index (κ3) is 2.92. The number of aryl methyl sites for hydroxylation is 1. The molecule has 0 spiro atoms. The van der Waals surface area contributed by atoms with E-state index in [4.69, 9.17) is 12.1 Å². The van der Waals surface area contributed by atoms with Gasteiger partial charge in [-0.25, -0.2) is 16.5 Å². The maximum atomic E-state index is 12.2. The SMILES string of the molecule is [2H]c1nc(N(C)[C@@]2([2H])CN(C(=O)C[N+]#[C-])CC[C@@]2([2H])C)c2c([2H])c(C)[nH]c2n1. The Kier molecular flexibility index (Phi) is 3.20. The van der Waals surface area contributed by atoms with Crippen LogP contribution in [0.25, 0.3) is 15.9 Å². The highest BCUT2D eigenvalue weighted by Crippen LogP contribution is 2.29. The lowest BCUT2D eigenvalue weighted by atomic mass is 9.92. The molecular formula is C17H22N6O. The van der Waals surface area contributed by atoms with E-state index in [1.165, 1.54) is 9.80 Å². The minimum Gasteiger partial charge on any atom is -0.354 e. The molecule has 126 valence electrons. The summed E-state index contributed by atoms with van der Waals surface area (Å²) in [6.07, 6.45) is -0.00507. The van der Waals surface area contributed by atoms with Crippen LogP contribution in [0.4, 0.5) is 5.82 Å². The summed E-state index contributed by atoms with van der Waals surface area (Å²) in [4.78, 5) is 29.4. The fourth-order valence-electron chi connectivity index (χ4n) is 2.93. The lowest BCUT2D eigenvalue weighted by Crippen LogP contribution is -2.53. The third-order valence-electron chi connectivity index (χ3n) is 4.28. The molecule has 7 heteroatoms. The van der Waals surface area contributed by atoms with Crippen molar-refractivity contribution in [2.24, 2.45) is 5.89 Å². The number of likely N-dealkylation sites (tertiary alicyclic amines) is 1. The van der Waals surface area contributed by atoms with E-state index in [1.807, 2.05) is 0 Å². The Morgan fingerprint density at radius 2 is 2.46 bits per heavy atom. The molecule has 0 aromatic carbocycles. The summed E-state index contributed by atoms with van der Waals surface area (Å²) < 4.78 is 34.1. The number of hydrogen-bond donors (Lipinski definition) is 1. The fraction of sp³-hybridized carbons (Fsp3) is 0.529. The molecule has 1 fully saturated rings. The first kappa shape index (κ1) is 11.8. The maximum Gasteiger partial charge on any atom is 0.302 e. The van der Waals surface area contributed by atoms with E-state index in [2.05, 4.69) is 19.8 Å². The Labute approximate surface area is 147 Å². The van der Waals surface area contributed by atoms with Crippen molar-refractivity contribution >= 4 is 22.8 Å². The minimum atomic E-state index is -1.59. The van der Waals surface area contributed by atoms with Crippen molar-refractivity contribution in [3.8, 4) is 0 Å². The first-order valence-electron chi connectivity index (χ1n) is 9.70. The van der Waals surface area contributed by atoms with Gasteiger partial charge in [-0.15, -0.1) is 0 Å². The van der Waals surface area contributed by atoms with Crippen molar-refractivity contribution in [3.05, 3.63) is 29.5 Å². The largest absolute Gasteiger partial charge is 0.354 e. The number of nitrogens with zero attached hydrogens (tertiary/aromatic N) is 5. The highest BCUT2D eigenvalue weighted by atomic mass is 16.2. The predicted molar refractivity (Wildman–Crippen MR) is 92.6 cm³/mol. The maximum absolute atomic E-state index is 12.2. The molecule has 0 radical (unpaired) electrons. The number of aromatic nitrogens is 3. The molecule has 7 nitrogen and oxygen atoms in total. The minimum absolute atomic E-state index is 0.0760. The summed E-state index contributed by atoms with van der Waals surface area (Å²) in [5.41, 5.74) is 0.895. The number of rotatable bonds is 3. The third-order valence-corrected chi connectivity index (χ3v) is 4.28. The molecule has 2 atom stereocenters. The molecule has 1 amide bonds. The molecule has 0 saturated carbocycles. The van der Waals surface area contributed by atoms with Gasteiger partial charge in [0, 0.05) is 27.2 Å². The lowest BCUT2D eigenvalue weighted by Gasteiger charge is -2.41. The van der Waals surface area contributed by atoms with Crippen molar-refractivity contribution in [3.63, 3.8) is 0 Å². The zero-order valence-electron chi connectivity index (χ0n) is 18.0. The second kappa shape index (κ2) is 6.48. The van der Waals surface area contributed by atoms with E-state index in [0.29, 0.717) is 23.3 Å². The molecule has 2 aromatic rings. The second-order valence-electron chi connectivity index (χ2n) is 5.91. The number of piperidine rings is 1. The Bertz CT molecular complexity index is 984. The van der Waals surface area contributed by atoms with E-state index in [-0.39, 0.29) is 43.6 Å². The quantitative estimate of drug-likeness (QED) is 0.872. The highest BCUT2D eigenvalue weighted by molar-refractivity contribution is 5.88. The number of carbonyl (C=O) groups is 1. The van der Waals surface area contributed by atoms with Gasteiger partial charge < -0.3 is 19.6 Å². The number of carbonyl (C=O) groups excluding carboxylic acids is 1. The van der Waals surface area contributed by atoms with Gasteiger partial charge in [0.2, 0.25) is 0 Å². The Hall–Kier alpha value is -2.62. The Morgan fingerprint density at radius 3 is 3.21 bits per heavy atom. The number of nitrogens with one attached hydrogen (secondary N) is 1. The summed E-state index contributed by atoms with van der Waals surface area (Å²) in [7, 11) is 1.59. The standard InChI is InChI=1S/C17H22N6O/c1-11-5-6-23(15(24)8-18-3)9-14(11)22(4)17-13-7-12(2)21-16(13)19-10-20-17/h7,10-11,14H,5-6,8-9H2,1-2,4H3,(H,19,20,21)/t11-,14+/m1/s1/i7D,10D,11D,14D. The number of amides is 1. The average molecular weight is 330 g/mol. The van der Waals surface area contributed by atoms with Crippen molar-refractivity contribution in [1.82, 2.24) is 19.9 Å². The van der Waals surface area contributed by atoms with Crippen LogP contribution in [-0.4, -0.2) is 58.5 Å². The van der Waals surface area contributed by atoms with E-state index in [9.17, 15) is 4.79 Å². The summed E-state index contributed by atoms with van der Waals surface area (Å²) in [5, 5.41) is 0.378. The van der Waals surface area contributed by atoms with Crippen LogP contribution >= 0.6 is 0 Å². The van der Waals surface area contributed by atoms with E-state index >= 15 is 0 Å². The number of hydrogen-bond acceptors (Lipinski definition) is 4. The molecule has 1 N–H and O–H groups in total. The molecule has 24 heavy (non-hydrogen) atoms. The first-order valence-corrected chi connectivity index (χ1v) is 7.70. The van der Waals surface area contributed by atoms with Crippen molar-refractivity contribution in [1.29, 1.82) is 0 Å². The van der Waals surface area contributed by atoms with Gasteiger partial charge in [-0.1, -0.05) is 6.92 Å². The molecule has 0 aliphatic carbocycles. The van der Waals surface area contributed by atoms with Crippen molar-refractivity contribution in [2.75, 3.05) is 31.6 Å². The summed E-state index contributed by atoms with van der Waals surface area (Å²) in [6, 6.07) is -1.42. The van der Waals surface area contributed by atoms with Crippen LogP contribution in [-0.2, 0) is 4.79 Å². The van der Waals surface area contributed by atoms with E-state index < -0.39 is 11.9 Å². The normalized spacial score (nSPS) is 29.3. The summed E-state index contributed by atoms with van der Waals surface area (Å²) in [5.74, 6) is -1.41. The molecule has 1 saturated heterocycles. The van der Waals surface area contributed by atoms with Crippen LogP contribution in [0.1, 0.15) is 24.5 Å². The molecule has 1 aliphatic rings. The van der Waals surface area contributed by atoms with E-state index in [0.717, 1.165) is 0 Å². The van der Waals surface area contributed by atoms with E-state index in [1.54, 1.807) is 20.9 Å². The van der Waals surface area contributed by atoms with Gasteiger partial charge >= 0.3 is 5.91 Å². The zero-order valence-corrected chi connectivity index (χ0v) is 14.0. The fourth-order valence-corrected chi connectivity index (χ4v) is 2.93. The number of anilines is 1. The van der Waals surface area contributed by atoms with Gasteiger partial charge in [-0.05, 0) is 25.3 Å². The number of likely N-dealkylation sites (N-methyl/N-ethyl adjacent to an activating group) is 1. The lowest BCUT2D eigenvalue weighted by molar-refractivity contribution is -0.130. The molecular weight excluding hydrogens is 304 g/mol. The van der Waals surface area contributed by atoms with Gasteiger partial charge in [0.25, 0.3) is 6.54 Å². The first-order chi connectivity index (χ1) is 13.0. The smallest absolute Gasteiger partial charge is 0.302 e. The van der Waals surface area contributed by atoms with Gasteiger partial charge in [-0.3, -0.25) is 4.79 Å². The zero-order chi connectivity index (χ0) is 20.9. The van der Waals surface area contributed by atoms with Crippen molar-refractivity contribution < 1.29 is 10.3 Å². The van der Waals surface area contributed by atoms with Crippen LogP contribution in [0.5, 0.6) is 0 Å². The van der Waals surface area contributed by atoms with Crippen LogP contribution in [0.2, 0.25) is 0 Å². The monoisotopic (exact) mass is 330 g/mol. The summed E-state index contributed by atoms with van der Waals surface area (Å²) in [6.45, 7) is 10.2. The molecule has 3 rings (SSSR count). The van der Waals surface area contributed by atoms with Crippen LogP contribution in [0.3, 0.4) is 0 Å². The Balaban J connectivity index is 2.11. The van der Waals surface area contributed by atoms with Crippen LogP contribution < -0.4 is 4.90 Å². The summed E-state index contributed by atoms with van der Waals surface area (Å²) >= 11 is 0. The Morgan fingerprint density at radius 1 is 1.67 bits per heavy atom. The van der Waals surface area contributed by atoms with Crippen molar-refractivity contribution in [2.45, 2.75) is 26.3 Å². The number of H-pyrrole nitrogens is 1. The number of fused-ring (bicyclic) bond motifs is 1. The van der Waals surface area contributed by atoms with Crippen LogP contribution in [0.15, 0.2) is 12.3 Å². The molecule has 2 aromatic heterocycles. The molecule has 3 heterocycles. The van der Waals surface area contributed by atoms with Gasteiger partial charge in [0.15, 0.2) is 0 Å². The van der Waals surface area contributed by atoms with Gasteiger partial charge in [0.05, 0.1) is 14.1 Å². The molecule has 1 aliphatic heterocycles. The topological polar surface area (TPSA) is 69.5 Å². The average Bonchev–Trinajstić information content (AvgIpc) is 2.90.